The zero-order chi connectivity index (χ0) is 15.1. The van der Waals surface area contributed by atoms with Gasteiger partial charge in [-0.15, -0.1) is 0 Å². The molecule has 0 unspecified atom stereocenters. The number of aryl methyl sites for hydroxylation is 1. The summed E-state index contributed by atoms with van der Waals surface area (Å²) in [4.78, 5) is 4.69. The molecule has 4 rings (SSSR count). The minimum Gasteiger partial charge on any atom is -0.383 e. The molecule has 2 aromatic heterocycles. The van der Waals surface area contributed by atoms with Gasteiger partial charge in [0, 0.05) is 11.6 Å². The fraction of sp³-hybridized carbons (Fsp3) is 0.0588. The lowest BCUT2D eigenvalue weighted by Gasteiger charge is -1.97. The van der Waals surface area contributed by atoms with Gasteiger partial charge in [-0.25, -0.2) is 4.98 Å². The number of anilines is 1. The van der Waals surface area contributed by atoms with Gasteiger partial charge in [-0.1, -0.05) is 53.8 Å². The molecule has 22 heavy (non-hydrogen) atoms. The van der Waals surface area contributed by atoms with Crippen LogP contribution < -0.4 is 5.73 Å². The van der Waals surface area contributed by atoms with E-state index in [0.717, 1.165) is 32.2 Å². The second-order valence-electron chi connectivity index (χ2n) is 5.15. The van der Waals surface area contributed by atoms with E-state index in [9.17, 15) is 0 Å². The number of rotatable bonds is 2. The van der Waals surface area contributed by atoms with Crippen LogP contribution in [-0.2, 0) is 0 Å². The van der Waals surface area contributed by atoms with Gasteiger partial charge in [-0.3, -0.25) is 0 Å². The quantitative estimate of drug-likeness (QED) is 0.608. The van der Waals surface area contributed by atoms with E-state index in [1.165, 1.54) is 0 Å². The number of thiazole rings is 1. The van der Waals surface area contributed by atoms with Crippen LogP contribution in [0.2, 0.25) is 0 Å². The second kappa shape index (κ2) is 4.96. The Morgan fingerprint density at radius 3 is 2.64 bits per heavy atom. The summed E-state index contributed by atoms with van der Waals surface area (Å²) in [5, 5.41) is 5.41. The zero-order valence-electron chi connectivity index (χ0n) is 12.0. The maximum Gasteiger partial charge on any atom is 0.213 e. The predicted molar refractivity (Wildman–Crippen MR) is 91.3 cm³/mol. The van der Waals surface area contributed by atoms with Crippen LogP contribution in [0, 0.1) is 6.92 Å². The van der Waals surface area contributed by atoms with E-state index in [1.807, 2.05) is 42.5 Å². The second-order valence-corrected chi connectivity index (χ2v) is 6.16. The first kappa shape index (κ1) is 13.0. The number of benzene rings is 2. The Balaban J connectivity index is 1.85. The first-order valence-electron chi connectivity index (χ1n) is 7.00. The fourth-order valence-electron chi connectivity index (χ4n) is 2.46. The number of nitrogen functional groups attached to an aromatic ring is 1. The monoisotopic (exact) mass is 306 g/mol. The third kappa shape index (κ3) is 2.07. The molecule has 0 bridgehead atoms. The molecule has 0 aliphatic carbocycles. The lowest BCUT2D eigenvalue weighted by Crippen LogP contribution is -2.00. The molecule has 2 aromatic carbocycles. The van der Waals surface area contributed by atoms with Crippen molar-refractivity contribution in [2.75, 3.05) is 5.73 Å². The first-order chi connectivity index (χ1) is 10.7. The maximum absolute atomic E-state index is 6.14. The largest absolute Gasteiger partial charge is 0.383 e. The van der Waals surface area contributed by atoms with E-state index < -0.39 is 0 Å². The number of nitrogens with zero attached hydrogens (tertiary/aromatic N) is 3. The van der Waals surface area contributed by atoms with Crippen LogP contribution in [0.4, 0.5) is 5.82 Å². The molecule has 0 aliphatic rings. The molecule has 0 fully saturated rings. The van der Waals surface area contributed by atoms with Crippen molar-refractivity contribution in [3.05, 3.63) is 60.2 Å². The minimum absolute atomic E-state index is 0.593. The van der Waals surface area contributed by atoms with Crippen LogP contribution in [-0.4, -0.2) is 14.8 Å². The number of fused-ring (bicyclic) bond motifs is 1. The van der Waals surface area contributed by atoms with Crippen LogP contribution in [0.1, 0.15) is 5.56 Å². The van der Waals surface area contributed by atoms with Crippen LogP contribution >= 0.6 is 11.3 Å². The van der Waals surface area contributed by atoms with Crippen LogP contribution in [0.5, 0.6) is 0 Å². The number of hydrogen-bond donors (Lipinski definition) is 1. The van der Waals surface area contributed by atoms with E-state index in [2.05, 4.69) is 29.1 Å². The average molecular weight is 306 g/mol. The van der Waals surface area contributed by atoms with Gasteiger partial charge < -0.3 is 5.73 Å². The molecule has 0 saturated carbocycles. The Morgan fingerprint density at radius 2 is 1.86 bits per heavy atom. The summed E-state index contributed by atoms with van der Waals surface area (Å²) >= 11 is 1.60. The summed E-state index contributed by atoms with van der Waals surface area (Å²) in [6, 6.07) is 18.1. The van der Waals surface area contributed by atoms with Gasteiger partial charge in [0.2, 0.25) is 5.13 Å². The van der Waals surface area contributed by atoms with Crippen molar-refractivity contribution < 1.29 is 0 Å². The van der Waals surface area contributed by atoms with Gasteiger partial charge in [0.05, 0.1) is 15.9 Å². The summed E-state index contributed by atoms with van der Waals surface area (Å²) in [6.45, 7) is 2.06. The molecular weight excluding hydrogens is 292 g/mol. The Hall–Kier alpha value is -2.66. The molecule has 0 radical (unpaired) electrons. The molecule has 108 valence electrons. The summed E-state index contributed by atoms with van der Waals surface area (Å²) in [5.41, 5.74) is 10.2. The standard InChI is InChI=1S/C17H14N4S/c1-11-6-5-9-14-16(11)19-17(22-14)21-15(18)10-13(20-21)12-7-3-2-4-8-12/h2-10H,18H2,1H3. The topological polar surface area (TPSA) is 56.7 Å². The normalized spacial score (nSPS) is 11.1. The van der Waals surface area contributed by atoms with Crippen molar-refractivity contribution >= 4 is 27.4 Å². The molecule has 4 aromatic rings. The van der Waals surface area contributed by atoms with Crippen molar-refractivity contribution in [1.29, 1.82) is 0 Å². The van der Waals surface area contributed by atoms with Gasteiger partial charge in [0.15, 0.2) is 0 Å². The molecule has 0 aliphatic heterocycles. The summed E-state index contributed by atoms with van der Waals surface area (Å²) < 4.78 is 2.86. The van der Waals surface area contributed by atoms with Gasteiger partial charge >= 0.3 is 0 Å². The third-order valence-corrected chi connectivity index (χ3v) is 4.59. The van der Waals surface area contributed by atoms with E-state index in [4.69, 9.17) is 5.73 Å². The number of para-hydroxylation sites is 1. The highest BCUT2D eigenvalue weighted by Crippen LogP contribution is 2.29. The van der Waals surface area contributed by atoms with Crippen molar-refractivity contribution in [3.63, 3.8) is 0 Å². The molecule has 0 atom stereocenters. The SMILES string of the molecule is Cc1cccc2sc(-n3nc(-c4ccccc4)cc3N)nc12. The Morgan fingerprint density at radius 1 is 1.05 bits per heavy atom. The van der Waals surface area contributed by atoms with E-state index in [0.29, 0.717) is 5.82 Å². The molecule has 2 heterocycles. The highest BCUT2D eigenvalue weighted by Gasteiger charge is 2.13. The molecule has 0 amide bonds. The van der Waals surface area contributed by atoms with Crippen molar-refractivity contribution in [3.8, 4) is 16.4 Å². The Kier molecular flexibility index (Phi) is 2.94. The minimum atomic E-state index is 0.593. The Labute approximate surface area is 131 Å². The van der Waals surface area contributed by atoms with Crippen molar-refractivity contribution in [2.24, 2.45) is 0 Å². The van der Waals surface area contributed by atoms with E-state index >= 15 is 0 Å². The van der Waals surface area contributed by atoms with Gasteiger partial charge in [-0.2, -0.15) is 9.78 Å². The summed E-state index contributed by atoms with van der Waals surface area (Å²) in [5.74, 6) is 0.593. The van der Waals surface area contributed by atoms with Crippen LogP contribution in [0.3, 0.4) is 0 Å². The van der Waals surface area contributed by atoms with Crippen LogP contribution in [0.15, 0.2) is 54.6 Å². The number of aromatic nitrogens is 3. The molecule has 4 nitrogen and oxygen atoms in total. The zero-order valence-corrected chi connectivity index (χ0v) is 12.8. The highest BCUT2D eigenvalue weighted by atomic mass is 32.1. The average Bonchev–Trinajstić information content (AvgIpc) is 3.12. The smallest absolute Gasteiger partial charge is 0.213 e. The summed E-state index contributed by atoms with van der Waals surface area (Å²) in [6.07, 6.45) is 0. The number of hydrogen-bond acceptors (Lipinski definition) is 4. The Bertz CT molecular complexity index is 953. The predicted octanol–water partition coefficient (Wildman–Crippen LogP) is 4.04. The molecule has 2 N–H and O–H groups in total. The lowest BCUT2D eigenvalue weighted by atomic mass is 10.2. The van der Waals surface area contributed by atoms with Crippen molar-refractivity contribution in [1.82, 2.24) is 14.8 Å². The maximum atomic E-state index is 6.14. The number of nitrogens with two attached hydrogens (primary N) is 1. The molecular formula is C17H14N4S. The van der Waals surface area contributed by atoms with E-state index in [1.54, 1.807) is 16.0 Å². The lowest BCUT2D eigenvalue weighted by molar-refractivity contribution is 0.887. The van der Waals surface area contributed by atoms with Gasteiger partial charge in [0.25, 0.3) is 0 Å². The molecule has 0 saturated heterocycles. The first-order valence-corrected chi connectivity index (χ1v) is 7.81. The van der Waals surface area contributed by atoms with Gasteiger partial charge in [-0.05, 0) is 18.6 Å². The van der Waals surface area contributed by atoms with E-state index in [-0.39, 0.29) is 0 Å². The van der Waals surface area contributed by atoms with Crippen LogP contribution in [0.25, 0.3) is 26.6 Å². The fourth-order valence-corrected chi connectivity index (χ4v) is 3.48. The third-order valence-electron chi connectivity index (χ3n) is 3.60. The summed E-state index contributed by atoms with van der Waals surface area (Å²) in [7, 11) is 0. The highest BCUT2D eigenvalue weighted by molar-refractivity contribution is 7.20. The van der Waals surface area contributed by atoms with Gasteiger partial charge in [0.1, 0.15) is 5.82 Å². The molecule has 5 heteroatoms. The molecule has 0 spiro atoms. The van der Waals surface area contributed by atoms with Crippen molar-refractivity contribution in [2.45, 2.75) is 6.92 Å².